The number of amides is 2. The van der Waals surface area contributed by atoms with Crippen LogP contribution in [0, 0.1) is 5.92 Å². The normalized spacial score (nSPS) is 16.8. The van der Waals surface area contributed by atoms with Crippen molar-refractivity contribution in [2.45, 2.75) is 25.8 Å². The van der Waals surface area contributed by atoms with E-state index in [-0.39, 0.29) is 6.03 Å². The van der Waals surface area contributed by atoms with Gasteiger partial charge in [-0.1, -0.05) is 29.8 Å². The lowest BCUT2D eigenvalue weighted by Gasteiger charge is -2.28. The number of halogens is 1. The van der Waals surface area contributed by atoms with Gasteiger partial charge in [0.2, 0.25) is 0 Å². The summed E-state index contributed by atoms with van der Waals surface area (Å²) in [5.74, 6) is 1.26. The number of rotatable bonds is 5. The molecule has 1 heterocycles. The average molecular weight is 345 g/mol. The molecule has 0 saturated heterocycles. The van der Waals surface area contributed by atoms with Crippen LogP contribution in [-0.4, -0.2) is 17.5 Å². The molecule has 0 saturated carbocycles. The third-order valence-electron chi connectivity index (χ3n) is 4.15. The van der Waals surface area contributed by atoms with Crippen molar-refractivity contribution in [3.8, 4) is 0 Å². The second-order valence-corrected chi connectivity index (χ2v) is 6.49. The minimum absolute atomic E-state index is 0.136. The summed E-state index contributed by atoms with van der Waals surface area (Å²) in [4.78, 5) is 14.5. The number of hydrogen-bond acceptors (Lipinski definition) is 2. The maximum Gasteiger partial charge on any atom is 0.322 e. The van der Waals surface area contributed by atoms with E-state index >= 15 is 0 Å². The van der Waals surface area contributed by atoms with Crippen LogP contribution in [0.2, 0.25) is 5.02 Å². The lowest BCUT2D eigenvalue weighted by Crippen LogP contribution is -2.38. The van der Waals surface area contributed by atoms with Gasteiger partial charge in [0.05, 0.1) is 12.8 Å². The minimum atomic E-state index is -0.136. The molecule has 1 unspecified atom stereocenters. The first-order valence-electron chi connectivity index (χ1n) is 8.19. The Hall–Kier alpha value is -2.20. The van der Waals surface area contributed by atoms with Crippen molar-refractivity contribution < 1.29 is 9.21 Å². The first kappa shape index (κ1) is 16.7. The Morgan fingerprint density at radius 2 is 2.21 bits per heavy atom. The van der Waals surface area contributed by atoms with E-state index in [0.717, 1.165) is 25.0 Å². The van der Waals surface area contributed by atoms with Gasteiger partial charge in [-0.2, -0.15) is 0 Å². The second-order valence-electron chi connectivity index (χ2n) is 6.05. The number of carbonyl (C=O) groups excluding carboxylic acids is 1. The zero-order chi connectivity index (χ0) is 16.8. The largest absolute Gasteiger partial charge is 0.467 e. The highest BCUT2D eigenvalue weighted by Gasteiger charge is 2.21. The van der Waals surface area contributed by atoms with Crippen molar-refractivity contribution in [2.75, 3.05) is 11.9 Å². The highest BCUT2D eigenvalue weighted by molar-refractivity contribution is 6.30. The van der Waals surface area contributed by atoms with Crippen LogP contribution in [-0.2, 0) is 6.54 Å². The number of urea groups is 1. The monoisotopic (exact) mass is 344 g/mol. The van der Waals surface area contributed by atoms with Gasteiger partial charge in [0.1, 0.15) is 5.76 Å². The van der Waals surface area contributed by atoms with Crippen molar-refractivity contribution in [1.82, 2.24) is 4.90 Å². The lowest BCUT2D eigenvalue weighted by atomic mass is 9.94. The Morgan fingerprint density at radius 3 is 2.92 bits per heavy atom. The fourth-order valence-corrected chi connectivity index (χ4v) is 3.10. The second kappa shape index (κ2) is 8.06. The first-order chi connectivity index (χ1) is 11.7. The van der Waals surface area contributed by atoms with E-state index < -0.39 is 0 Å². The molecule has 1 N–H and O–H groups in total. The van der Waals surface area contributed by atoms with E-state index in [1.54, 1.807) is 18.4 Å². The smallest absolute Gasteiger partial charge is 0.322 e. The molecule has 4 nitrogen and oxygen atoms in total. The molecule has 126 valence electrons. The third kappa shape index (κ3) is 4.65. The molecule has 2 amide bonds. The molecule has 0 aliphatic heterocycles. The van der Waals surface area contributed by atoms with Crippen molar-refractivity contribution in [1.29, 1.82) is 0 Å². The average Bonchev–Trinajstić information content (AvgIpc) is 3.08. The lowest BCUT2D eigenvalue weighted by molar-refractivity contribution is 0.189. The fraction of sp³-hybridized carbons (Fsp3) is 0.316. The molecule has 5 heteroatoms. The Morgan fingerprint density at radius 1 is 1.29 bits per heavy atom. The van der Waals surface area contributed by atoms with Gasteiger partial charge in [0.15, 0.2) is 0 Å². The third-order valence-corrected chi connectivity index (χ3v) is 4.38. The van der Waals surface area contributed by atoms with E-state index in [9.17, 15) is 4.79 Å². The van der Waals surface area contributed by atoms with E-state index in [4.69, 9.17) is 16.0 Å². The van der Waals surface area contributed by atoms with Crippen LogP contribution in [0.15, 0.2) is 59.2 Å². The number of anilines is 1. The highest BCUT2D eigenvalue weighted by atomic mass is 35.5. The van der Waals surface area contributed by atoms with E-state index in [1.165, 1.54) is 0 Å². The highest BCUT2D eigenvalue weighted by Crippen LogP contribution is 2.22. The van der Waals surface area contributed by atoms with E-state index in [1.807, 2.05) is 29.2 Å². The molecule has 0 spiro atoms. The molecule has 24 heavy (non-hydrogen) atoms. The molecule has 0 bridgehead atoms. The SMILES string of the molecule is O=C(Nc1cccc(Cl)c1)N(Cc1ccco1)CC1CC=CCC1. The zero-order valence-electron chi connectivity index (χ0n) is 13.5. The Kier molecular flexibility index (Phi) is 5.59. The van der Waals surface area contributed by atoms with Crippen molar-refractivity contribution in [2.24, 2.45) is 5.92 Å². The van der Waals surface area contributed by atoms with Crippen LogP contribution in [0.25, 0.3) is 0 Å². The summed E-state index contributed by atoms with van der Waals surface area (Å²) in [6.07, 6.45) is 9.24. The van der Waals surface area contributed by atoms with Crippen molar-refractivity contribution >= 4 is 23.3 Å². The van der Waals surface area contributed by atoms with Gasteiger partial charge in [0.25, 0.3) is 0 Å². The van der Waals surface area contributed by atoms with Crippen molar-refractivity contribution in [3.05, 3.63) is 65.6 Å². The molecule has 1 aromatic heterocycles. The number of nitrogens with one attached hydrogen (secondary N) is 1. The van der Waals surface area contributed by atoms with Crippen LogP contribution < -0.4 is 5.32 Å². The van der Waals surface area contributed by atoms with Crippen LogP contribution in [0.3, 0.4) is 0 Å². The van der Waals surface area contributed by atoms with Gasteiger partial charge in [0, 0.05) is 17.3 Å². The molecule has 1 aliphatic carbocycles. The number of carbonyl (C=O) groups is 1. The van der Waals surface area contributed by atoms with E-state index in [2.05, 4.69) is 17.5 Å². The molecular weight excluding hydrogens is 324 g/mol. The Labute approximate surface area is 147 Å². The summed E-state index contributed by atoms with van der Waals surface area (Å²) in [5, 5.41) is 3.53. The summed E-state index contributed by atoms with van der Waals surface area (Å²) in [6, 6.07) is 10.8. The number of allylic oxidation sites excluding steroid dienone is 2. The van der Waals surface area contributed by atoms with Crippen LogP contribution in [0.5, 0.6) is 0 Å². The molecule has 1 aliphatic rings. The molecule has 0 radical (unpaired) electrons. The molecule has 0 fully saturated rings. The summed E-state index contributed by atoms with van der Waals surface area (Å²) < 4.78 is 5.42. The summed E-state index contributed by atoms with van der Waals surface area (Å²) >= 11 is 5.99. The molecule has 3 rings (SSSR count). The summed E-state index contributed by atoms with van der Waals surface area (Å²) in [7, 11) is 0. The zero-order valence-corrected chi connectivity index (χ0v) is 14.2. The predicted molar refractivity (Wildman–Crippen MR) is 96.1 cm³/mol. The molecular formula is C19H21ClN2O2. The number of furan rings is 1. The number of hydrogen-bond donors (Lipinski definition) is 1. The summed E-state index contributed by atoms with van der Waals surface area (Å²) in [6.45, 7) is 1.16. The fourth-order valence-electron chi connectivity index (χ4n) is 2.91. The van der Waals surface area contributed by atoms with Gasteiger partial charge >= 0.3 is 6.03 Å². The quantitative estimate of drug-likeness (QED) is 0.746. The Bertz CT molecular complexity index is 697. The summed E-state index contributed by atoms with van der Waals surface area (Å²) in [5.41, 5.74) is 0.695. The maximum atomic E-state index is 12.7. The number of benzene rings is 1. The van der Waals surface area contributed by atoms with Crippen LogP contribution in [0.4, 0.5) is 10.5 Å². The minimum Gasteiger partial charge on any atom is -0.467 e. The van der Waals surface area contributed by atoms with Gasteiger partial charge in [-0.25, -0.2) is 4.79 Å². The molecule has 1 aromatic carbocycles. The van der Waals surface area contributed by atoms with Gasteiger partial charge in [-0.3, -0.25) is 0 Å². The van der Waals surface area contributed by atoms with E-state index in [0.29, 0.717) is 29.7 Å². The topological polar surface area (TPSA) is 45.5 Å². The first-order valence-corrected chi connectivity index (χ1v) is 8.57. The standard InChI is InChI=1S/C19H21ClN2O2/c20-16-8-4-9-17(12-16)21-19(23)22(14-18-10-5-11-24-18)13-15-6-2-1-3-7-15/h1-2,4-5,8-12,15H,3,6-7,13-14H2,(H,21,23). The van der Waals surface area contributed by atoms with Gasteiger partial charge < -0.3 is 14.6 Å². The van der Waals surface area contributed by atoms with Crippen LogP contribution >= 0.6 is 11.6 Å². The number of nitrogens with zero attached hydrogens (tertiary/aromatic N) is 1. The van der Waals surface area contributed by atoms with Crippen molar-refractivity contribution in [3.63, 3.8) is 0 Å². The Balaban J connectivity index is 1.69. The van der Waals surface area contributed by atoms with Crippen LogP contribution in [0.1, 0.15) is 25.0 Å². The van der Waals surface area contributed by atoms with Gasteiger partial charge in [-0.15, -0.1) is 0 Å². The van der Waals surface area contributed by atoms with Gasteiger partial charge in [-0.05, 0) is 55.5 Å². The molecule has 1 atom stereocenters. The maximum absolute atomic E-state index is 12.7. The molecule has 2 aromatic rings. The predicted octanol–water partition coefficient (Wildman–Crippen LogP) is 5.32.